The summed E-state index contributed by atoms with van der Waals surface area (Å²) in [5.74, 6) is 3.99. The maximum absolute atomic E-state index is 12.3. The van der Waals surface area contributed by atoms with Crippen molar-refractivity contribution in [3.63, 3.8) is 0 Å². The van der Waals surface area contributed by atoms with Crippen molar-refractivity contribution in [1.29, 1.82) is 0 Å². The topological polar surface area (TPSA) is 199 Å². The number of carbonyl (C=O) groups excluding carboxylic acids is 3. The first-order valence-electron chi connectivity index (χ1n) is 24.4. The molecule has 0 spiro atoms. The summed E-state index contributed by atoms with van der Waals surface area (Å²) in [5.41, 5.74) is 6.12. The minimum atomic E-state index is -0.889. The number of benzene rings is 8. The molecule has 0 aliphatic carbocycles. The zero-order chi connectivity index (χ0) is 57.8. The fraction of sp³-hybridized carbons (Fsp3) is 0.212. The van der Waals surface area contributed by atoms with Crippen LogP contribution in [0.4, 0.5) is 9.59 Å². The van der Waals surface area contributed by atoms with Crippen LogP contribution in [0.1, 0.15) is 96.7 Å². The predicted octanol–water partition coefficient (Wildman–Crippen LogP) is 11.4. The Morgan fingerprint density at radius 3 is 0.904 bits per heavy atom. The van der Waals surface area contributed by atoms with Gasteiger partial charge in [-0.2, -0.15) is 0 Å². The third-order valence-electron chi connectivity index (χ3n) is 11.4. The number of ether oxygens (including phenoxy) is 5. The molecular formula is C66H77Cl3NaO13-. The van der Waals surface area contributed by atoms with E-state index in [2.05, 4.69) is 50.9 Å². The number of phenolic OH excluding ortho intramolecular Hbond substituents is 4. The molecule has 0 amide bonds. The predicted molar refractivity (Wildman–Crippen MR) is 326 cm³/mol. The van der Waals surface area contributed by atoms with Gasteiger partial charge < -0.3 is 69.1 Å². The van der Waals surface area contributed by atoms with Gasteiger partial charge in [-0.15, -0.1) is 0 Å². The monoisotopic (exact) mass is 1210 g/mol. The summed E-state index contributed by atoms with van der Waals surface area (Å²) >= 11 is 8.80. The number of halogens is 3. The number of hydrogen-bond acceptors (Lipinski definition) is 13. The maximum Gasteiger partial charge on any atom is 1.00 e. The number of phenols is 4. The Bertz CT molecular complexity index is 2940. The quantitative estimate of drug-likeness (QED) is 0.0194. The molecule has 0 heterocycles. The molecule has 0 bridgehead atoms. The second kappa shape index (κ2) is 40.9. The van der Waals surface area contributed by atoms with Crippen LogP contribution in [-0.2, 0) is 22.0 Å². The van der Waals surface area contributed by atoms with E-state index < -0.39 is 10.9 Å². The number of esters is 1. The molecule has 0 saturated heterocycles. The number of rotatable bonds is 12. The van der Waals surface area contributed by atoms with Crippen LogP contribution < -0.4 is 65.6 Å². The zero-order valence-corrected chi connectivity index (χ0v) is 51.6. The molecule has 442 valence electrons. The number of hydrogen-bond donors (Lipinski definition) is 5. The summed E-state index contributed by atoms with van der Waals surface area (Å²) < 4.78 is 25.6. The minimum absolute atomic E-state index is 0. The van der Waals surface area contributed by atoms with Crippen LogP contribution in [0, 0.1) is 7.43 Å². The first-order chi connectivity index (χ1) is 37.2. The number of aliphatic hydroxyl groups is 1. The van der Waals surface area contributed by atoms with E-state index in [1.165, 1.54) is 6.92 Å². The molecule has 8 rings (SSSR count). The Morgan fingerprint density at radius 1 is 0.422 bits per heavy atom. The fourth-order valence-corrected chi connectivity index (χ4v) is 7.17. The second-order valence-electron chi connectivity index (χ2n) is 17.4. The van der Waals surface area contributed by atoms with Gasteiger partial charge in [0.25, 0.3) is 0 Å². The summed E-state index contributed by atoms with van der Waals surface area (Å²) in [6, 6.07) is 57.3. The first-order valence-corrected chi connectivity index (χ1v) is 25.1. The molecule has 17 heteroatoms. The fourth-order valence-electron chi connectivity index (χ4n) is 7.17. The van der Waals surface area contributed by atoms with Crippen LogP contribution >= 0.6 is 23.2 Å². The van der Waals surface area contributed by atoms with E-state index in [4.69, 9.17) is 43.8 Å². The Hall–Kier alpha value is -7.20. The molecule has 83 heavy (non-hydrogen) atoms. The number of methoxy groups -OCH3 is 1. The van der Waals surface area contributed by atoms with E-state index in [1.54, 1.807) is 116 Å². The molecule has 0 aliphatic rings. The van der Waals surface area contributed by atoms with E-state index in [0.717, 1.165) is 52.7 Å². The number of aromatic hydroxyl groups is 4. The van der Waals surface area contributed by atoms with Crippen LogP contribution in [0.2, 0.25) is 0 Å². The summed E-state index contributed by atoms with van der Waals surface area (Å²) in [5, 5.41) is 43.7. The third kappa shape index (κ3) is 28.1. The molecule has 0 aliphatic heterocycles. The molecule has 5 N–H and O–H groups in total. The molecule has 0 atom stereocenters. The molecule has 0 fully saturated rings. The van der Waals surface area contributed by atoms with E-state index in [1.807, 2.05) is 98.8 Å². The summed E-state index contributed by atoms with van der Waals surface area (Å²) in [7, 11) is 2.64. The van der Waals surface area contributed by atoms with Crippen LogP contribution in [-0.4, -0.2) is 56.6 Å². The van der Waals surface area contributed by atoms with Crippen molar-refractivity contribution in [3.05, 3.63) is 235 Å². The summed E-state index contributed by atoms with van der Waals surface area (Å²) in [6.45, 7) is 13.8. The summed E-state index contributed by atoms with van der Waals surface area (Å²) in [4.78, 5) is 32.5. The smallest absolute Gasteiger partial charge is 1.00 e. The molecule has 8 aromatic rings. The Kier molecular flexibility index (Phi) is 39.4. The van der Waals surface area contributed by atoms with Gasteiger partial charge in [0.1, 0.15) is 57.5 Å². The van der Waals surface area contributed by atoms with Crippen LogP contribution in [0.15, 0.2) is 194 Å². The molecule has 0 radical (unpaired) electrons. The van der Waals surface area contributed by atoms with Gasteiger partial charge in [-0.1, -0.05) is 129 Å². The molecule has 0 unspecified atom stereocenters. The number of aliphatic hydroxyl groups excluding tert-OH is 1. The Balaban J connectivity index is -0.00000119. The SMILES string of the molecule is C.C.CC.CC(C)(c1ccc(O)cc1)c1ccc(O)cc1.CO.COc1ccc(Cc2ccc(OC(=O)Oc3ccc(C(C)(C)c4ccc(OC(C)=O)cc4)cc3)cc2)cc1.O=C(Cl)Cl.Oc1ccc(Oc2ccc(O)cc2)cc1.[CH3-].[Cl-].[Na+]. The standard InChI is InChI=1S/C32H30O6.C15H16O2.C12H10O3.C2H6.CCl2O.CH4O.2CH4.CH3.ClH.Na/c1-22(33)36-28-17-9-25(10-18-28)32(2,3)26-11-19-30(20-12-26)38-31(34)37-29-15-7-24(8-16-29)21-23-5-13-27(35-4)14-6-23;1-15(2,11-3-7-13(16)8-4-11)12-5-9-14(17)10-6-12;13-9-1-5-11(6-2-9)15-12-7-3-10(14)4-8-12;1-2;2-1(3)4;1-2;;;;;/h5-20H,21H2,1-4H3;3-10,16-17H,1-2H3;1-8,13-14H;1-2H3;;2H,1H3;2*1H4;1H3;1H;/q;;;;;;;;-1;;+1/p-1. The van der Waals surface area contributed by atoms with Crippen molar-refractivity contribution in [2.45, 2.75) is 80.6 Å². The minimum Gasteiger partial charge on any atom is -1.00 e. The van der Waals surface area contributed by atoms with Gasteiger partial charge in [-0.05, 0) is 184 Å². The Morgan fingerprint density at radius 2 is 0.639 bits per heavy atom. The van der Waals surface area contributed by atoms with Crippen LogP contribution in [0.25, 0.3) is 0 Å². The first kappa shape index (κ1) is 80.0. The van der Waals surface area contributed by atoms with Gasteiger partial charge in [0.15, 0.2) is 0 Å². The average Bonchev–Trinajstić information content (AvgIpc) is 3.42. The van der Waals surface area contributed by atoms with Gasteiger partial charge in [0, 0.05) is 24.9 Å². The molecule has 0 aromatic heterocycles. The number of carbonyl (C=O) groups is 3. The van der Waals surface area contributed by atoms with E-state index >= 15 is 0 Å². The van der Waals surface area contributed by atoms with E-state index in [-0.39, 0.29) is 104 Å². The van der Waals surface area contributed by atoms with Crippen molar-refractivity contribution in [2.75, 3.05) is 14.2 Å². The second-order valence-corrected chi connectivity index (χ2v) is 18.3. The zero-order valence-electron chi connectivity index (χ0n) is 47.3. The van der Waals surface area contributed by atoms with Crippen molar-refractivity contribution < 1.29 is 106 Å². The molecular weight excluding hydrogens is 1130 g/mol. The molecule has 13 nitrogen and oxygen atoms in total. The van der Waals surface area contributed by atoms with Gasteiger partial charge in [0.05, 0.1) is 7.11 Å². The van der Waals surface area contributed by atoms with Crippen molar-refractivity contribution in [2.24, 2.45) is 0 Å². The Labute approximate surface area is 529 Å². The maximum atomic E-state index is 12.3. The molecule has 8 aromatic carbocycles. The van der Waals surface area contributed by atoms with Gasteiger partial charge in [-0.3, -0.25) is 9.59 Å². The van der Waals surface area contributed by atoms with Crippen molar-refractivity contribution in [3.8, 4) is 57.5 Å². The van der Waals surface area contributed by atoms with Crippen LogP contribution in [0.5, 0.6) is 57.5 Å². The van der Waals surface area contributed by atoms with Crippen LogP contribution in [0.3, 0.4) is 0 Å². The van der Waals surface area contributed by atoms with Gasteiger partial charge in [0.2, 0.25) is 0 Å². The average molecular weight is 1210 g/mol. The normalized spacial score (nSPS) is 9.59. The van der Waals surface area contributed by atoms with Crippen molar-refractivity contribution >= 4 is 40.0 Å². The van der Waals surface area contributed by atoms with E-state index in [9.17, 15) is 19.8 Å². The third-order valence-corrected chi connectivity index (χ3v) is 11.4. The van der Waals surface area contributed by atoms with Crippen molar-refractivity contribution in [1.82, 2.24) is 0 Å². The molecule has 0 saturated carbocycles. The van der Waals surface area contributed by atoms with Gasteiger partial charge >= 0.3 is 46.4 Å². The van der Waals surface area contributed by atoms with E-state index in [0.29, 0.717) is 28.7 Å². The largest absolute Gasteiger partial charge is 1.00 e. The van der Waals surface area contributed by atoms with Gasteiger partial charge in [-0.25, -0.2) is 4.79 Å². The summed E-state index contributed by atoms with van der Waals surface area (Å²) in [6.07, 6.45) is -0.0470.